The van der Waals surface area contributed by atoms with Gasteiger partial charge in [-0.2, -0.15) is 0 Å². The van der Waals surface area contributed by atoms with E-state index in [9.17, 15) is 9.59 Å². The highest BCUT2D eigenvalue weighted by Gasteiger charge is 2.31. The third-order valence-corrected chi connectivity index (χ3v) is 4.60. The van der Waals surface area contributed by atoms with Gasteiger partial charge in [-0.1, -0.05) is 41.1 Å². The number of rotatable bonds is 4. The Balaban J connectivity index is 1.90. The highest BCUT2D eigenvalue weighted by atomic mass is 35.5. The number of imide groups is 1. The summed E-state index contributed by atoms with van der Waals surface area (Å²) < 4.78 is 0. The van der Waals surface area contributed by atoms with E-state index in [1.165, 1.54) is 11.8 Å². The van der Waals surface area contributed by atoms with Crippen LogP contribution in [0.5, 0.6) is 0 Å². The Kier molecular flexibility index (Phi) is 4.41. The molecule has 23 heavy (non-hydrogen) atoms. The smallest absolute Gasteiger partial charge is 0.275 e. The van der Waals surface area contributed by atoms with Crippen LogP contribution in [0, 0.1) is 6.92 Å². The zero-order valence-electron chi connectivity index (χ0n) is 12.2. The lowest BCUT2D eigenvalue weighted by atomic mass is 10.2. The average molecular weight is 345 g/mol. The number of anilines is 1. The van der Waals surface area contributed by atoms with Crippen molar-refractivity contribution in [2.75, 3.05) is 5.32 Å². The van der Waals surface area contributed by atoms with Crippen molar-refractivity contribution in [2.24, 2.45) is 0 Å². The van der Waals surface area contributed by atoms with Gasteiger partial charge in [-0.25, -0.2) is 0 Å². The maximum atomic E-state index is 12.0. The van der Waals surface area contributed by atoms with Crippen molar-refractivity contribution >= 4 is 40.9 Å². The van der Waals surface area contributed by atoms with E-state index in [4.69, 9.17) is 11.6 Å². The van der Waals surface area contributed by atoms with Crippen LogP contribution in [-0.4, -0.2) is 11.8 Å². The zero-order valence-corrected chi connectivity index (χ0v) is 13.8. The molecule has 0 saturated carbocycles. The van der Waals surface area contributed by atoms with Gasteiger partial charge in [0.15, 0.2) is 0 Å². The Bertz CT molecular complexity index is 731. The van der Waals surface area contributed by atoms with Crippen molar-refractivity contribution in [1.29, 1.82) is 0 Å². The van der Waals surface area contributed by atoms with Gasteiger partial charge in [0.2, 0.25) is 0 Å². The molecule has 4 nitrogen and oxygen atoms in total. The molecule has 0 unspecified atom stereocenters. The molecule has 0 fully saturated rings. The standard InChI is InChI=1S/C17H13ClN2O2S/c1-10-2-8-13(9-3-10)23-15-14(16(21)20-17(15)22)19-12-6-4-11(18)5-7-12/h2-9H,1H3,(H2,19,20,21,22). The molecule has 0 bridgehead atoms. The number of carbonyl (C=O) groups excluding carboxylic acids is 2. The normalized spacial score (nSPS) is 14.2. The lowest BCUT2D eigenvalue weighted by molar-refractivity contribution is -0.123. The molecule has 0 spiro atoms. The number of aryl methyl sites for hydroxylation is 1. The van der Waals surface area contributed by atoms with Crippen molar-refractivity contribution < 1.29 is 9.59 Å². The average Bonchev–Trinajstić information content (AvgIpc) is 2.78. The molecule has 3 rings (SSSR count). The summed E-state index contributed by atoms with van der Waals surface area (Å²) in [6.45, 7) is 1.99. The van der Waals surface area contributed by atoms with Gasteiger partial charge in [0.1, 0.15) is 10.6 Å². The lowest BCUT2D eigenvalue weighted by Crippen LogP contribution is -2.24. The quantitative estimate of drug-likeness (QED) is 0.830. The van der Waals surface area contributed by atoms with Crippen LogP contribution in [0.25, 0.3) is 0 Å². The fourth-order valence-corrected chi connectivity index (χ4v) is 3.08. The molecule has 0 aliphatic carbocycles. The number of carbonyl (C=O) groups is 2. The van der Waals surface area contributed by atoms with E-state index in [0.29, 0.717) is 15.6 Å². The summed E-state index contributed by atoms with van der Waals surface area (Å²) in [7, 11) is 0. The van der Waals surface area contributed by atoms with Crippen molar-refractivity contribution in [1.82, 2.24) is 5.32 Å². The molecule has 0 saturated heterocycles. The number of benzene rings is 2. The number of amides is 2. The fourth-order valence-electron chi connectivity index (χ4n) is 2.05. The van der Waals surface area contributed by atoms with Crippen LogP contribution < -0.4 is 10.6 Å². The molecule has 1 aliphatic rings. The van der Waals surface area contributed by atoms with E-state index >= 15 is 0 Å². The minimum Gasteiger partial charge on any atom is -0.350 e. The van der Waals surface area contributed by atoms with Crippen LogP contribution in [0.3, 0.4) is 0 Å². The molecule has 116 valence electrons. The highest BCUT2D eigenvalue weighted by Crippen LogP contribution is 2.32. The minimum absolute atomic E-state index is 0.253. The van der Waals surface area contributed by atoms with Crippen LogP contribution in [0.4, 0.5) is 5.69 Å². The van der Waals surface area contributed by atoms with E-state index in [1.807, 2.05) is 31.2 Å². The first-order valence-electron chi connectivity index (χ1n) is 6.90. The summed E-state index contributed by atoms with van der Waals surface area (Å²) in [6.07, 6.45) is 0. The van der Waals surface area contributed by atoms with Crippen molar-refractivity contribution in [3.05, 3.63) is 69.7 Å². The monoisotopic (exact) mass is 344 g/mol. The van der Waals surface area contributed by atoms with E-state index in [1.54, 1.807) is 24.3 Å². The summed E-state index contributed by atoms with van der Waals surface area (Å²) in [5.41, 5.74) is 2.08. The third-order valence-electron chi connectivity index (χ3n) is 3.24. The van der Waals surface area contributed by atoms with Crippen LogP contribution in [0.2, 0.25) is 5.02 Å². The van der Waals surface area contributed by atoms with Crippen LogP contribution >= 0.6 is 23.4 Å². The molecule has 2 N–H and O–H groups in total. The summed E-state index contributed by atoms with van der Waals surface area (Å²) in [4.78, 5) is 25.3. The highest BCUT2D eigenvalue weighted by molar-refractivity contribution is 8.04. The molecule has 1 aliphatic heterocycles. The molecule has 0 aromatic heterocycles. The second kappa shape index (κ2) is 6.48. The van der Waals surface area contributed by atoms with Gasteiger partial charge >= 0.3 is 0 Å². The predicted molar refractivity (Wildman–Crippen MR) is 92.3 cm³/mol. The van der Waals surface area contributed by atoms with Crippen molar-refractivity contribution in [2.45, 2.75) is 11.8 Å². The van der Waals surface area contributed by atoms with Gasteiger partial charge in [0.25, 0.3) is 11.8 Å². The maximum absolute atomic E-state index is 12.0. The number of halogens is 1. The molecular formula is C17H13ClN2O2S. The Morgan fingerprint density at radius 2 is 1.61 bits per heavy atom. The van der Waals surface area contributed by atoms with Gasteiger partial charge in [0, 0.05) is 15.6 Å². The summed E-state index contributed by atoms with van der Waals surface area (Å²) in [6, 6.07) is 14.7. The number of hydrogen-bond acceptors (Lipinski definition) is 4. The summed E-state index contributed by atoms with van der Waals surface area (Å²) >= 11 is 7.11. The van der Waals surface area contributed by atoms with Gasteiger partial charge in [-0.3, -0.25) is 14.9 Å². The third kappa shape index (κ3) is 3.57. The Labute approximate surface area is 142 Å². The second-order valence-corrected chi connectivity index (χ2v) is 6.55. The SMILES string of the molecule is Cc1ccc(SC2=C(Nc3ccc(Cl)cc3)C(=O)NC2=O)cc1. The fraction of sp³-hybridized carbons (Fsp3) is 0.0588. The van der Waals surface area contributed by atoms with E-state index in [2.05, 4.69) is 10.6 Å². The van der Waals surface area contributed by atoms with Gasteiger partial charge < -0.3 is 5.32 Å². The van der Waals surface area contributed by atoms with Crippen molar-refractivity contribution in [3.63, 3.8) is 0 Å². The Hall–Kier alpha value is -2.24. The van der Waals surface area contributed by atoms with E-state index in [0.717, 1.165) is 10.5 Å². The van der Waals surface area contributed by atoms with Crippen LogP contribution in [0.15, 0.2) is 64.0 Å². The molecule has 2 aromatic carbocycles. The van der Waals surface area contributed by atoms with Gasteiger partial charge in [-0.15, -0.1) is 0 Å². The zero-order chi connectivity index (χ0) is 16.4. The molecule has 0 radical (unpaired) electrons. The first kappa shape index (κ1) is 15.6. The number of thioether (sulfide) groups is 1. The predicted octanol–water partition coefficient (Wildman–Crippen LogP) is 3.72. The second-order valence-electron chi connectivity index (χ2n) is 5.03. The summed E-state index contributed by atoms with van der Waals surface area (Å²) in [5, 5.41) is 5.92. The number of hydrogen-bond donors (Lipinski definition) is 2. The molecular weight excluding hydrogens is 332 g/mol. The Morgan fingerprint density at radius 3 is 2.26 bits per heavy atom. The van der Waals surface area contributed by atoms with Crippen molar-refractivity contribution in [3.8, 4) is 0 Å². The van der Waals surface area contributed by atoms with Gasteiger partial charge in [0.05, 0.1) is 0 Å². The molecule has 0 atom stereocenters. The maximum Gasteiger partial charge on any atom is 0.275 e. The van der Waals surface area contributed by atoms with E-state index < -0.39 is 11.8 Å². The van der Waals surface area contributed by atoms with E-state index in [-0.39, 0.29) is 5.70 Å². The summed E-state index contributed by atoms with van der Waals surface area (Å²) in [5.74, 6) is -0.823. The largest absolute Gasteiger partial charge is 0.350 e. The topological polar surface area (TPSA) is 58.2 Å². The number of nitrogens with one attached hydrogen (secondary N) is 2. The first-order chi connectivity index (χ1) is 11.0. The minimum atomic E-state index is -0.431. The van der Waals surface area contributed by atoms with Gasteiger partial charge in [-0.05, 0) is 43.3 Å². The molecule has 1 heterocycles. The molecule has 2 amide bonds. The Morgan fingerprint density at radius 1 is 0.957 bits per heavy atom. The molecule has 6 heteroatoms. The van der Waals surface area contributed by atoms with Crippen LogP contribution in [-0.2, 0) is 9.59 Å². The molecule has 2 aromatic rings. The van der Waals surface area contributed by atoms with Crippen LogP contribution in [0.1, 0.15) is 5.56 Å². The first-order valence-corrected chi connectivity index (χ1v) is 8.09. The lowest BCUT2D eigenvalue weighted by Gasteiger charge is -2.08.